The summed E-state index contributed by atoms with van der Waals surface area (Å²) in [5.41, 5.74) is 8.12. The van der Waals surface area contributed by atoms with Crippen molar-refractivity contribution >= 4 is 27.4 Å². The van der Waals surface area contributed by atoms with Crippen LogP contribution >= 0.6 is 15.9 Å². The van der Waals surface area contributed by atoms with E-state index < -0.39 is 0 Å². The van der Waals surface area contributed by atoms with Gasteiger partial charge in [0.25, 0.3) is 0 Å². The molecule has 2 N–H and O–H groups in total. The number of rotatable bonds is 2. The first-order valence-electron chi connectivity index (χ1n) is 5.77. The molecule has 19 heavy (non-hydrogen) atoms. The largest absolute Gasteiger partial charge is 0.398 e. The summed E-state index contributed by atoms with van der Waals surface area (Å²) in [6, 6.07) is 8.23. The molecule has 0 saturated heterocycles. The highest BCUT2D eigenvalue weighted by Crippen LogP contribution is 2.27. The van der Waals surface area contributed by atoms with Gasteiger partial charge in [-0.05, 0) is 65.2 Å². The lowest BCUT2D eigenvalue weighted by atomic mass is 9.98. The molecule has 0 aliphatic heterocycles. The Balaban J connectivity index is 2.53. The molecule has 0 bridgehead atoms. The number of nitrogen functional groups attached to an aromatic ring is 1. The molecule has 0 unspecified atom stereocenters. The molecule has 0 aromatic heterocycles. The number of aryl methyl sites for hydroxylation is 2. The number of hydrogen-bond donors (Lipinski definition) is 1. The number of carbonyl (C=O) groups is 1. The highest BCUT2D eigenvalue weighted by Gasteiger charge is 2.16. The fourth-order valence-corrected chi connectivity index (χ4v) is 2.40. The van der Waals surface area contributed by atoms with E-state index in [1.54, 1.807) is 44.2 Å². The Kier molecular flexibility index (Phi) is 3.71. The fraction of sp³-hybridized carbons (Fsp3) is 0.133. The first-order valence-corrected chi connectivity index (χ1v) is 6.56. The van der Waals surface area contributed by atoms with Crippen LogP contribution in [0.4, 0.5) is 10.1 Å². The summed E-state index contributed by atoms with van der Waals surface area (Å²) in [5.74, 6) is -0.450. The number of ketones is 1. The number of anilines is 1. The Hall–Kier alpha value is -1.68. The molecular weight excluding hydrogens is 309 g/mol. The highest BCUT2D eigenvalue weighted by atomic mass is 79.9. The van der Waals surface area contributed by atoms with Gasteiger partial charge < -0.3 is 5.73 Å². The lowest BCUT2D eigenvalue weighted by Gasteiger charge is -2.09. The van der Waals surface area contributed by atoms with Crippen molar-refractivity contribution in [1.82, 2.24) is 0 Å². The van der Waals surface area contributed by atoms with Crippen molar-refractivity contribution in [3.05, 3.63) is 62.9 Å². The number of hydrogen-bond acceptors (Lipinski definition) is 2. The molecule has 0 radical (unpaired) electrons. The van der Waals surface area contributed by atoms with Crippen LogP contribution in [0.1, 0.15) is 27.0 Å². The molecule has 0 aliphatic rings. The van der Waals surface area contributed by atoms with E-state index in [1.807, 2.05) is 0 Å². The highest BCUT2D eigenvalue weighted by molar-refractivity contribution is 9.10. The number of carbonyl (C=O) groups excluding carboxylic acids is 1. The maximum absolute atomic E-state index is 13.6. The lowest BCUT2D eigenvalue weighted by molar-refractivity contribution is 0.103. The molecule has 2 aromatic rings. The monoisotopic (exact) mass is 321 g/mol. The van der Waals surface area contributed by atoms with Crippen LogP contribution in [0.5, 0.6) is 0 Å². The molecule has 0 heterocycles. The molecular formula is C15H13BrFNO. The third-order valence-electron chi connectivity index (χ3n) is 2.97. The zero-order chi connectivity index (χ0) is 14.2. The summed E-state index contributed by atoms with van der Waals surface area (Å²) < 4.78 is 14.1. The topological polar surface area (TPSA) is 43.1 Å². The minimum absolute atomic E-state index is 0.176. The number of nitrogens with two attached hydrogens (primary N) is 1. The van der Waals surface area contributed by atoms with Crippen LogP contribution in [0, 0.1) is 19.7 Å². The van der Waals surface area contributed by atoms with Crippen molar-refractivity contribution in [1.29, 1.82) is 0 Å². The number of halogens is 2. The molecule has 0 aliphatic carbocycles. The first-order chi connectivity index (χ1) is 8.91. The van der Waals surface area contributed by atoms with Crippen LogP contribution < -0.4 is 5.73 Å². The van der Waals surface area contributed by atoms with Crippen molar-refractivity contribution in [2.24, 2.45) is 0 Å². The summed E-state index contributed by atoms with van der Waals surface area (Å²) >= 11 is 3.31. The quantitative estimate of drug-likeness (QED) is 0.670. The van der Waals surface area contributed by atoms with Crippen LogP contribution in [0.25, 0.3) is 0 Å². The van der Waals surface area contributed by atoms with E-state index in [1.165, 1.54) is 0 Å². The van der Waals surface area contributed by atoms with Crippen molar-refractivity contribution < 1.29 is 9.18 Å². The average Bonchev–Trinajstić information content (AvgIpc) is 2.38. The van der Waals surface area contributed by atoms with Gasteiger partial charge in [-0.25, -0.2) is 4.39 Å². The van der Waals surface area contributed by atoms with Gasteiger partial charge in [-0.1, -0.05) is 6.07 Å². The minimum atomic E-state index is -0.275. The van der Waals surface area contributed by atoms with Crippen molar-refractivity contribution in [2.45, 2.75) is 13.8 Å². The van der Waals surface area contributed by atoms with Gasteiger partial charge in [-0.15, -0.1) is 0 Å². The van der Waals surface area contributed by atoms with Crippen LogP contribution in [0.2, 0.25) is 0 Å². The maximum Gasteiger partial charge on any atom is 0.194 e. The van der Waals surface area contributed by atoms with Crippen molar-refractivity contribution in [3.8, 4) is 0 Å². The molecule has 2 rings (SSSR count). The summed E-state index contributed by atoms with van der Waals surface area (Å²) in [6.07, 6.45) is 0. The van der Waals surface area contributed by atoms with Crippen LogP contribution in [0.15, 0.2) is 34.8 Å². The van der Waals surface area contributed by atoms with E-state index in [2.05, 4.69) is 15.9 Å². The van der Waals surface area contributed by atoms with Gasteiger partial charge in [0.1, 0.15) is 5.82 Å². The summed E-state index contributed by atoms with van der Waals surface area (Å²) in [6.45, 7) is 3.29. The second-order valence-electron chi connectivity index (χ2n) is 4.46. The number of benzene rings is 2. The maximum atomic E-state index is 13.6. The third-order valence-corrected chi connectivity index (χ3v) is 3.86. The minimum Gasteiger partial charge on any atom is -0.398 e. The molecule has 2 aromatic carbocycles. The first kappa shape index (κ1) is 13.7. The lowest BCUT2D eigenvalue weighted by Crippen LogP contribution is -2.05. The molecule has 2 nitrogen and oxygen atoms in total. The van der Waals surface area contributed by atoms with Gasteiger partial charge in [0.05, 0.1) is 4.47 Å². The predicted molar refractivity (Wildman–Crippen MR) is 77.9 cm³/mol. The van der Waals surface area contributed by atoms with Crippen molar-refractivity contribution in [2.75, 3.05) is 5.73 Å². The average molecular weight is 322 g/mol. The zero-order valence-electron chi connectivity index (χ0n) is 10.6. The molecule has 0 spiro atoms. The smallest absolute Gasteiger partial charge is 0.194 e. The summed E-state index contributed by atoms with van der Waals surface area (Å²) in [7, 11) is 0. The van der Waals surface area contributed by atoms with Gasteiger partial charge >= 0.3 is 0 Å². The molecule has 0 fully saturated rings. The van der Waals surface area contributed by atoms with Gasteiger partial charge in [-0.3, -0.25) is 4.79 Å². The van der Waals surface area contributed by atoms with Gasteiger partial charge in [0.2, 0.25) is 0 Å². The fourth-order valence-electron chi connectivity index (χ4n) is 1.96. The molecule has 0 atom stereocenters. The molecule has 98 valence electrons. The predicted octanol–water partition coefficient (Wildman–Crippen LogP) is 4.02. The van der Waals surface area contributed by atoms with Gasteiger partial charge in [0.15, 0.2) is 5.78 Å². The van der Waals surface area contributed by atoms with E-state index in [4.69, 9.17) is 5.73 Å². The van der Waals surface area contributed by atoms with E-state index in [-0.39, 0.29) is 11.6 Å². The van der Waals surface area contributed by atoms with Crippen molar-refractivity contribution in [3.63, 3.8) is 0 Å². The Labute approximate surface area is 119 Å². The Morgan fingerprint density at radius 1 is 1.21 bits per heavy atom. The standard InChI is InChI=1S/C15H13BrFNO/c1-8-6-10(7-9(2)14(8)17)15(19)11-4-3-5-12(18)13(11)16/h3-7H,18H2,1-2H3. The van der Waals surface area contributed by atoms with Crippen LogP contribution in [-0.2, 0) is 0 Å². The van der Waals surface area contributed by atoms with Gasteiger partial charge in [-0.2, -0.15) is 0 Å². The second kappa shape index (κ2) is 5.13. The van der Waals surface area contributed by atoms with Crippen LogP contribution in [0.3, 0.4) is 0 Å². The second-order valence-corrected chi connectivity index (χ2v) is 5.25. The van der Waals surface area contributed by atoms with Crippen LogP contribution in [-0.4, -0.2) is 5.78 Å². The van der Waals surface area contributed by atoms with E-state index in [0.717, 1.165) is 0 Å². The zero-order valence-corrected chi connectivity index (χ0v) is 12.2. The SMILES string of the molecule is Cc1cc(C(=O)c2cccc(N)c2Br)cc(C)c1F. The molecule has 4 heteroatoms. The van der Waals surface area contributed by atoms with E-state index >= 15 is 0 Å². The Morgan fingerprint density at radius 2 is 1.79 bits per heavy atom. The Bertz CT molecular complexity index is 644. The normalized spacial score (nSPS) is 10.5. The third kappa shape index (κ3) is 2.54. The van der Waals surface area contributed by atoms with E-state index in [9.17, 15) is 9.18 Å². The Morgan fingerprint density at radius 3 is 2.37 bits per heavy atom. The summed E-state index contributed by atoms with van der Waals surface area (Å²) in [4.78, 5) is 12.4. The van der Waals surface area contributed by atoms with Gasteiger partial charge in [0, 0.05) is 16.8 Å². The molecule has 0 amide bonds. The summed E-state index contributed by atoms with van der Waals surface area (Å²) in [5, 5.41) is 0. The molecule has 0 saturated carbocycles. The van der Waals surface area contributed by atoms with E-state index in [0.29, 0.717) is 32.4 Å².